The van der Waals surface area contributed by atoms with Gasteiger partial charge in [-0.1, -0.05) is 26.0 Å². The molecule has 0 unspecified atom stereocenters. The zero-order chi connectivity index (χ0) is 11.1. The molecule has 1 aromatic heterocycles. The molecule has 3 rings (SSSR count). The summed E-state index contributed by atoms with van der Waals surface area (Å²) in [5.74, 6) is 1.45. The van der Waals surface area contributed by atoms with Crippen LogP contribution in [0.25, 0.3) is 11.0 Å². The van der Waals surface area contributed by atoms with E-state index in [1.807, 2.05) is 24.3 Å². The van der Waals surface area contributed by atoms with Gasteiger partial charge in [0.15, 0.2) is 0 Å². The van der Waals surface area contributed by atoms with Gasteiger partial charge >= 0.3 is 0 Å². The van der Waals surface area contributed by atoms with Gasteiger partial charge in [0.2, 0.25) is 0 Å². The lowest BCUT2D eigenvalue weighted by atomic mass is 9.94. The van der Waals surface area contributed by atoms with E-state index in [0.29, 0.717) is 0 Å². The molecule has 16 heavy (non-hydrogen) atoms. The van der Waals surface area contributed by atoms with E-state index >= 15 is 0 Å². The number of hydrogen-bond donors (Lipinski definition) is 0. The van der Waals surface area contributed by atoms with Crippen molar-refractivity contribution >= 4 is 11.0 Å². The topological polar surface area (TPSA) is 25.8 Å². The van der Waals surface area contributed by atoms with E-state index in [1.165, 1.54) is 11.4 Å². The summed E-state index contributed by atoms with van der Waals surface area (Å²) < 4.78 is 0. The molecule has 1 aliphatic carbocycles. The maximum Gasteiger partial charge on any atom is 0.0890 e. The van der Waals surface area contributed by atoms with Crippen molar-refractivity contribution < 1.29 is 0 Å². The molecule has 1 heterocycles. The Morgan fingerprint density at radius 3 is 1.94 bits per heavy atom. The van der Waals surface area contributed by atoms with Gasteiger partial charge in [-0.05, 0) is 36.8 Å². The van der Waals surface area contributed by atoms with Gasteiger partial charge in [-0.15, -0.1) is 0 Å². The van der Waals surface area contributed by atoms with Crippen molar-refractivity contribution in [3.8, 4) is 0 Å². The summed E-state index contributed by atoms with van der Waals surface area (Å²) in [5.41, 5.74) is 4.51. The highest BCUT2D eigenvalue weighted by molar-refractivity contribution is 5.74. The SMILES string of the molecule is CC(C)C1Cc2nc3ccccc3nc2C1. The molecule has 1 aliphatic rings. The molecule has 2 aromatic rings. The molecule has 0 bridgehead atoms. The minimum absolute atomic E-state index is 0.721. The minimum Gasteiger partial charge on any atom is -0.249 e. The minimum atomic E-state index is 0.721. The lowest BCUT2D eigenvalue weighted by molar-refractivity contribution is 0.401. The first kappa shape index (κ1) is 9.76. The Morgan fingerprint density at radius 1 is 1.00 bits per heavy atom. The highest BCUT2D eigenvalue weighted by Gasteiger charge is 2.26. The summed E-state index contributed by atoms with van der Waals surface area (Å²) in [4.78, 5) is 9.45. The molecular formula is C14H16N2. The number of benzene rings is 1. The fraction of sp³-hybridized carbons (Fsp3) is 0.429. The van der Waals surface area contributed by atoms with E-state index in [4.69, 9.17) is 9.97 Å². The second-order valence-corrected chi connectivity index (χ2v) is 5.02. The molecule has 0 aliphatic heterocycles. The van der Waals surface area contributed by atoms with Crippen LogP contribution in [0.2, 0.25) is 0 Å². The summed E-state index contributed by atoms with van der Waals surface area (Å²) in [6.07, 6.45) is 2.20. The lowest BCUT2D eigenvalue weighted by Gasteiger charge is -2.11. The van der Waals surface area contributed by atoms with Crippen LogP contribution in [0.3, 0.4) is 0 Å². The fourth-order valence-corrected chi connectivity index (χ4v) is 2.44. The van der Waals surface area contributed by atoms with Crippen molar-refractivity contribution in [3.63, 3.8) is 0 Å². The van der Waals surface area contributed by atoms with E-state index in [9.17, 15) is 0 Å². The molecular weight excluding hydrogens is 196 g/mol. The Labute approximate surface area is 95.7 Å². The van der Waals surface area contributed by atoms with Crippen LogP contribution in [0.1, 0.15) is 25.2 Å². The van der Waals surface area contributed by atoms with Crippen LogP contribution in [0.4, 0.5) is 0 Å². The molecule has 0 saturated carbocycles. The van der Waals surface area contributed by atoms with Crippen LogP contribution in [-0.4, -0.2) is 9.97 Å². The van der Waals surface area contributed by atoms with E-state index in [1.54, 1.807) is 0 Å². The fourth-order valence-electron chi connectivity index (χ4n) is 2.44. The Morgan fingerprint density at radius 2 is 1.50 bits per heavy atom. The molecule has 0 fully saturated rings. The standard InChI is InChI=1S/C14H16N2/c1-9(2)10-7-13-14(8-10)16-12-6-4-3-5-11(12)15-13/h3-6,9-10H,7-8H2,1-2H3. The van der Waals surface area contributed by atoms with Gasteiger partial charge in [-0.25, -0.2) is 9.97 Å². The second-order valence-electron chi connectivity index (χ2n) is 5.02. The van der Waals surface area contributed by atoms with Crippen LogP contribution in [0.5, 0.6) is 0 Å². The van der Waals surface area contributed by atoms with Crippen molar-refractivity contribution in [1.82, 2.24) is 9.97 Å². The van der Waals surface area contributed by atoms with Crippen molar-refractivity contribution in [2.24, 2.45) is 11.8 Å². The van der Waals surface area contributed by atoms with Crippen molar-refractivity contribution in [2.75, 3.05) is 0 Å². The van der Waals surface area contributed by atoms with Crippen molar-refractivity contribution in [3.05, 3.63) is 35.7 Å². The first-order valence-electron chi connectivity index (χ1n) is 5.98. The molecule has 2 heteroatoms. The number of para-hydroxylation sites is 2. The zero-order valence-electron chi connectivity index (χ0n) is 9.77. The van der Waals surface area contributed by atoms with Gasteiger partial charge in [-0.3, -0.25) is 0 Å². The van der Waals surface area contributed by atoms with Crippen LogP contribution in [0, 0.1) is 11.8 Å². The monoisotopic (exact) mass is 212 g/mol. The van der Waals surface area contributed by atoms with E-state index in [0.717, 1.165) is 35.7 Å². The first-order chi connectivity index (χ1) is 7.74. The lowest BCUT2D eigenvalue weighted by Crippen LogP contribution is -2.07. The number of fused-ring (bicyclic) bond motifs is 2. The van der Waals surface area contributed by atoms with Crippen molar-refractivity contribution in [2.45, 2.75) is 26.7 Å². The molecule has 0 N–H and O–H groups in total. The highest BCUT2D eigenvalue weighted by Crippen LogP contribution is 2.30. The number of nitrogens with zero attached hydrogens (tertiary/aromatic N) is 2. The summed E-state index contributed by atoms with van der Waals surface area (Å²) >= 11 is 0. The first-order valence-corrected chi connectivity index (χ1v) is 5.98. The molecule has 0 atom stereocenters. The van der Waals surface area contributed by atoms with Gasteiger partial charge in [0, 0.05) is 0 Å². The zero-order valence-corrected chi connectivity index (χ0v) is 9.77. The van der Waals surface area contributed by atoms with Crippen LogP contribution in [-0.2, 0) is 12.8 Å². The molecule has 2 nitrogen and oxygen atoms in total. The van der Waals surface area contributed by atoms with Gasteiger partial charge in [-0.2, -0.15) is 0 Å². The Kier molecular flexibility index (Phi) is 2.16. The summed E-state index contributed by atoms with van der Waals surface area (Å²) in [6, 6.07) is 8.15. The Balaban J connectivity index is 2.08. The van der Waals surface area contributed by atoms with Crippen molar-refractivity contribution in [1.29, 1.82) is 0 Å². The third-order valence-electron chi connectivity index (χ3n) is 3.58. The number of rotatable bonds is 1. The molecule has 82 valence electrons. The molecule has 0 spiro atoms. The predicted molar refractivity (Wildman–Crippen MR) is 65.3 cm³/mol. The van der Waals surface area contributed by atoms with Gasteiger partial charge in [0.05, 0.1) is 22.4 Å². The maximum atomic E-state index is 4.73. The Hall–Kier alpha value is -1.44. The average molecular weight is 212 g/mol. The largest absolute Gasteiger partial charge is 0.249 e. The van der Waals surface area contributed by atoms with Gasteiger partial charge in [0.1, 0.15) is 0 Å². The number of hydrogen-bond acceptors (Lipinski definition) is 2. The summed E-state index contributed by atoms with van der Waals surface area (Å²) in [6.45, 7) is 4.58. The normalized spacial score (nSPS) is 15.9. The average Bonchev–Trinajstić information content (AvgIpc) is 2.68. The summed E-state index contributed by atoms with van der Waals surface area (Å²) in [5, 5.41) is 0. The third-order valence-corrected chi connectivity index (χ3v) is 3.58. The molecule has 0 amide bonds. The summed E-state index contributed by atoms with van der Waals surface area (Å²) in [7, 11) is 0. The van der Waals surface area contributed by atoms with Crippen LogP contribution >= 0.6 is 0 Å². The van der Waals surface area contributed by atoms with E-state index in [2.05, 4.69) is 13.8 Å². The quantitative estimate of drug-likeness (QED) is 0.726. The smallest absolute Gasteiger partial charge is 0.0890 e. The second kappa shape index (κ2) is 3.55. The number of aromatic nitrogens is 2. The van der Waals surface area contributed by atoms with E-state index in [-0.39, 0.29) is 0 Å². The molecule has 1 aromatic carbocycles. The molecule has 0 radical (unpaired) electrons. The van der Waals surface area contributed by atoms with Crippen LogP contribution < -0.4 is 0 Å². The van der Waals surface area contributed by atoms with Gasteiger partial charge < -0.3 is 0 Å². The Bertz CT molecular complexity index is 487. The highest BCUT2D eigenvalue weighted by atomic mass is 14.8. The third kappa shape index (κ3) is 1.49. The predicted octanol–water partition coefficient (Wildman–Crippen LogP) is 3.00. The maximum absolute atomic E-state index is 4.73. The van der Waals surface area contributed by atoms with Gasteiger partial charge in [0.25, 0.3) is 0 Å². The van der Waals surface area contributed by atoms with E-state index < -0.39 is 0 Å². The van der Waals surface area contributed by atoms with Crippen LogP contribution in [0.15, 0.2) is 24.3 Å². The molecule has 0 saturated heterocycles.